The van der Waals surface area contributed by atoms with Crippen LogP contribution < -0.4 is 5.32 Å². The van der Waals surface area contributed by atoms with Gasteiger partial charge in [0.25, 0.3) is 0 Å². The van der Waals surface area contributed by atoms with Crippen LogP contribution in [0, 0.1) is 0 Å². The Labute approximate surface area is 131 Å². The van der Waals surface area contributed by atoms with E-state index in [-0.39, 0.29) is 17.3 Å². The van der Waals surface area contributed by atoms with Crippen molar-refractivity contribution in [3.63, 3.8) is 0 Å². The summed E-state index contributed by atoms with van der Waals surface area (Å²) in [6.45, 7) is 5.14. The first kappa shape index (κ1) is 16.3. The Morgan fingerprint density at radius 1 is 1.48 bits per heavy atom. The molecule has 116 valence electrons. The Hall–Kier alpha value is -1.04. The highest BCUT2D eigenvalue weighted by atomic mass is 32.2. The summed E-state index contributed by atoms with van der Waals surface area (Å²) < 4.78 is 5.64. The summed E-state index contributed by atoms with van der Waals surface area (Å²) >= 11 is 1.66. The highest BCUT2D eigenvalue weighted by Gasteiger charge is 2.20. The normalized spacial score (nSPS) is 21.0. The van der Waals surface area contributed by atoms with Gasteiger partial charge in [0.1, 0.15) is 0 Å². The molecular formula is C16H24N2O2S. The third-order valence-electron chi connectivity index (χ3n) is 3.56. The molecule has 0 radical (unpaired) electrons. The minimum atomic E-state index is -0.0495. The van der Waals surface area contributed by atoms with E-state index < -0.39 is 0 Å². The van der Waals surface area contributed by atoms with Crippen LogP contribution in [0.4, 0.5) is 0 Å². The zero-order valence-corrected chi connectivity index (χ0v) is 13.6. The number of amides is 1. The monoisotopic (exact) mass is 308 g/mol. The molecule has 2 atom stereocenters. The van der Waals surface area contributed by atoms with Gasteiger partial charge in [0.15, 0.2) is 0 Å². The summed E-state index contributed by atoms with van der Waals surface area (Å²) in [4.78, 5) is 14.3. The van der Waals surface area contributed by atoms with E-state index in [1.54, 1.807) is 11.8 Å². The zero-order chi connectivity index (χ0) is 15.1. The first-order valence-electron chi connectivity index (χ1n) is 7.38. The van der Waals surface area contributed by atoms with Crippen LogP contribution in [0.3, 0.4) is 0 Å². The average molecular weight is 308 g/mol. The van der Waals surface area contributed by atoms with Crippen molar-refractivity contribution in [1.82, 2.24) is 10.2 Å². The Morgan fingerprint density at radius 2 is 2.24 bits per heavy atom. The van der Waals surface area contributed by atoms with Gasteiger partial charge < -0.3 is 15.0 Å². The van der Waals surface area contributed by atoms with Crippen molar-refractivity contribution in [1.29, 1.82) is 0 Å². The van der Waals surface area contributed by atoms with Crippen LogP contribution in [0.1, 0.15) is 12.5 Å². The van der Waals surface area contributed by atoms with Crippen molar-refractivity contribution in [3.8, 4) is 0 Å². The van der Waals surface area contributed by atoms with Crippen LogP contribution in [-0.2, 0) is 15.3 Å². The van der Waals surface area contributed by atoms with Gasteiger partial charge in [0, 0.05) is 25.4 Å². The number of hydrogen-bond acceptors (Lipinski definition) is 4. The van der Waals surface area contributed by atoms with Crippen molar-refractivity contribution in [3.05, 3.63) is 35.9 Å². The minimum Gasteiger partial charge on any atom is -0.374 e. The van der Waals surface area contributed by atoms with Crippen LogP contribution in [0.2, 0.25) is 0 Å². The molecule has 21 heavy (non-hydrogen) atoms. The second-order valence-corrected chi connectivity index (χ2v) is 6.77. The number of hydrogen-bond donors (Lipinski definition) is 1. The largest absolute Gasteiger partial charge is 0.374 e. The van der Waals surface area contributed by atoms with Crippen molar-refractivity contribution < 1.29 is 9.53 Å². The Kier molecular flexibility index (Phi) is 6.54. The molecule has 0 bridgehead atoms. The van der Waals surface area contributed by atoms with Gasteiger partial charge in [-0.1, -0.05) is 30.3 Å². The average Bonchev–Trinajstić information content (AvgIpc) is 2.51. The number of rotatable bonds is 6. The first-order chi connectivity index (χ1) is 10.1. The van der Waals surface area contributed by atoms with Gasteiger partial charge in [0.2, 0.25) is 5.91 Å². The highest BCUT2D eigenvalue weighted by Crippen LogP contribution is 2.17. The zero-order valence-electron chi connectivity index (χ0n) is 12.7. The summed E-state index contributed by atoms with van der Waals surface area (Å²) in [5.41, 5.74) is 1.25. The third-order valence-corrected chi connectivity index (χ3v) is 4.77. The van der Waals surface area contributed by atoms with Crippen LogP contribution in [-0.4, -0.2) is 55.4 Å². The third kappa shape index (κ3) is 5.69. The molecule has 4 nitrogen and oxygen atoms in total. The van der Waals surface area contributed by atoms with Gasteiger partial charge in [0.05, 0.1) is 18.0 Å². The maximum Gasteiger partial charge on any atom is 0.232 e. The highest BCUT2D eigenvalue weighted by molar-refractivity contribution is 7.99. The van der Waals surface area contributed by atoms with Crippen molar-refractivity contribution in [2.45, 2.75) is 24.0 Å². The summed E-state index contributed by atoms with van der Waals surface area (Å²) in [6.07, 6.45) is 0.110. The topological polar surface area (TPSA) is 41.6 Å². The standard InChI is InChI=1S/C16H24N2O2S/c1-13(21-12-14-6-4-3-5-7-14)16(19)17-10-15-11-18(2)8-9-20-15/h3-7,13,15H,8-12H2,1-2H3,(H,17,19)/t13-,15+/m1/s1. The van der Waals surface area contributed by atoms with Gasteiger partial charge >= 0.3 is 0 Å². The van der Waals surface area contributed by atoms with Crippen molar-refractivity contribution >= 4 is 17.7 Å². The van der Waals surface area contributed by atoms with Gasteiger partial charge in [-0.05, 0) is 19.5 Å². The second-order valence-electron chi connectivity index (χ2n) is 5.44. The van der Waals surface area contributed by atoms with E-state index >= 15 is 0 Å². The molecular weight excluding hydrogens is 284 g/mol. The molecule has 5 heteroatoms. The molecule has 1 amide bonds. The molecule has 0 unspecified atom stereocenters. The SMILES string of the molecule is C[C@@H](SCc1ccccc1)C(=O)NC[C@H]1CN(C)CCO1. The summed E-state index contributed by atoms with van der Waals surface area (Å²) in [7, 11) is 2.08. The predicted molar refractivity (Wildman–Crippen MR) is 87.4 cm³/mol. The van der Waals surface area contributed by atoms with Crippen molar-refractivity contribution in [2.75, 3.05) is 33.3 Å². The van der Waals surface area contributed by atoms with Gasteiger partial charge in [-0.15, -0.1) is 11.8 Å². The second kappa shape index (κ2) is 8.41. The molecule has 1 aliphatic heterocycles. The molecule has 1 heterocycles. The number of nitrogens with zero attached hydrogens (tertiary/aromatic N) is 1. The smallest absolute Gasteiger partial charge is 0.232 e. The quantitative estimate of drug-likeness (QED) is 0.869. The van der Waals surface area contributed by atoms with Crippen LogP contribution in [0.15, 0.2) is 30.3 Å². The molecule has 1 aromatic carbocycles. The fraction of sp³-hybridized carbons (Fsp3) is 0.562. The molecule has 1 aliphatic rings. The van der Waals surface area contributed by atoms with E-state index in [0.717, 1.165) is 25.4 Å². The Balaban J connectivity index is 1.67. The Bertz CT molecular complexity index is 441. The van der Waals surface area contributed by atoms with E-state index in [0.29, 0.717) is 6.54 Å². The molecule has 0 saturated carbocycles. The van der Waals surface area contributed by atoms with Gasteiger partial charge in [-0.3, -0.25) is 4.79 Å². The minimum absolute atomic E-state index is 0.0495. The predicted octanol–water partition coefficient (Wildman–Crippen LogP) is 1.76. The molecule has 2 rings (SSSR count). The van der Waals surface area contributed by atoms with E-state index in [4.69, 9.17) is 4.74 Å². The number of ether oxygens (including phenoxy) is 1. The van der Waals surface area contributed by atoms with Crippen LogP contribution >= 0.6 is 11.8 Å². The number of nitrogens with one attached hydrogen (secondary N) is 1. The van der Waals surface area contributed by atoms with Crippen LogP contribution in [0.25, 0.3) is 0 Å². The number of carbonyl (C=O) groups excluding carboxylic acids is 1. The number of morpholine rings is 1. The number of benzene rings is 1. The lowest BCUT2D eigenvalue weighted by molar-refractivity contribution is -0.121. The lowest BCUT2D eigenvalue weighted by Gasteiger charge is -2.30. The number of thioether (sulfide) groups is 1. The molecule has 0 spiro atoms. The number of carbonyl (C=O) groups is 1. The molecule has 0 aromatic heterocycles. The Morgan fingerprint density at radius 3 is 2.95 bits per heavy atom. The maximum absolute atomic E-state index is 12.1. The van der Waals surface area contributed by atoms with E-state index in [9.17, 15) is 4.79 Å². The summed E-state index contributed by atoms with van der Waals surface area (Å²) in [6, 6.07) is 10.2. The molecule has 0 aliphatic carbocycles. The molecule has 1 N–H and O–H groups in total. The van der Waals surface area contributed by atoms with E-state index in [1.165, 1.54) is 5.56 Å². The lowest BCUT2D eigenvalue weighted by atomic mass is 10.2. The molecule has 1 fully saturated rings. The maximum atomic E-state index is 12.1. The van der Waals surface area contributed by atoms with Crippen molar-refractivity contribution in [2.24, 2.45) is 0 Å². The van der Waals surface area contributed by atoms with Crippen LogP contribution in [0.5, 0.6) is 0 Å². The molecule has 1 aromatic rings. The lowest BCUT2D eigenvalue weighted by Crippen LogP contribution is -2.47. The summed E-state index contributed by atoms with van der Waals surface area (Å²) in [5.74, 6) is 0.950. The number of likely N-dealkylation sites (N-methyl/N-ethyl adjacent to an activating group) is 1. The first-order valence-corrected chi connectivity index (χ1v) is 8.43. The van der Waals surface area contributed by atoms with Gasteiger partial charge in [-0.2, -0.15) is 0 Å². The van der Waals surface area contributed by atoms with Gasteiger partial charge in [-0.25, -0.2) is 0 Å². The van der Waals surface area contributed by atoms with E-state index in [2.05, 4.69) is 29.4 Å². The fourth-order valence-electron chi connectivity index (χ4n) is 2.22. The van der Waals surface area contributed by atoms with E-state index in [1.807, 2.05) is 25.1 Å². The molecule has 1 saturated heterocycles. The summed E-state index contributed by atoms with van der Waals surface area (Å²) in [5, 5.41) is 2.95. The fourth-order valence-corrected chi connectivity index (χ4v) is 3.09.